The summed E-state index contributed by atoms with van der Waals surface area (Å²) >= 11 is 4.92. The van der Waals surface area contributed by atoms with Gasteiger partial charge in [0, 0.05) is 102 Å². The Morgan fingerprint density at radius 2 is 1.16 bits per heavy atom. The van der Waals surface area contributed by atoms with Crippen LogP contribution in [0, 0.1) is 17.8 Å². The molecule has 20 heteroatoms. The van der Waals surface area contributed by atoms with E-state index < -0.39 is 12.1 Å². The van der Waals surface area contributed by atoms with Crippen molar-refractivity contribution < 1.29 is 62.2 Å². The average molecular weight is 1130 g/mol. The van der Waals surface area contributed by atoms with Crippen LogP contribution in [0.4, 0.5) is 4.79 Å². The van der Waals surface area contributed by atoms with Crippen molar-refractivity contribution in [3.05, 3.63) is 12.5 Å². The summed E-state index contributed by atoms with van der Waals surface area (Å²) < 4.78 is 31.6. The predicted molar refractivity (Wildman–Crippen MR) is 327 cm³/mol. The van der Waals surface area contributed by atoms with Crippen LogP contribution in [-0.4, -0.2) is 204 Å². The van der Waals surface area contributed by atoms with Gasteiger partial charge in [-0.15, -0.1) is 0 Å². The number of carbonyl (C=O) groups is 5. The molecule has 0 aromatic rings. The molecular weight excluding hydrogens is 1010 g/mol. The van der Waals surface area contributed by atoms with Gasteiger partial charge in [0.25, 0.3) is 0 Å². The van der Waals surface area contributed by atoms with Crippen molar-refractivity contribution in [1.29, 1.82) is 0 Å². The SMILES string of the molecule is C=C1OCCN1C.CC(C)=O.CC(C)C.CC1CC1.CC1CCOCC1.CC=NCC.CCC(=O)OC.CCN(CC)C(C)=O.CCOC.CCSC.CNC(=O)OC.COC.COC.CSC.CSCC(=O)O. The predicted octanol–water partition coefficient (Wildman–Crippen LogP) is 12.0. The first-order chi connectivity index (χ1) is 34.6. The number of alkyl carbamates (subject to hydrolysis) is 1. The highest BCUT2D eigenvalue weighted by Gasteiger charge is 2.12. The number of thioether (sulfide) groups is 3. The maximum atomic E-state index is 10.5. The maximum Gasteiger partial charge on any atom is 0.406 e. The number of ketones is 1. The zero-order valence-corrected chi connectivity index (χ0v) is 55.5. The van der Waals surface area contributed by atoms with Crippen LogP contribution in [0.3, 0.4) is 0 Å². The van der Waals surface area contributed by atoms with Crippen molar-refractivity contribution in [2.75, 3.05) is 153 Å². The minimum atomic E-state index is -0.748. The first-order valence-electron chi connectivity index (χ1n) is 25.1. The molecule has 3 fully saturated rings. The number of nitrogens with zero attached hydrogens (tertiary/aromatic N) is 3. The number of ether oxygens (including phenoxy) is 7. The number of aliphatic carboxylic acids is 1. The Balaban J connectivity index is -0.0000000562. The highest BCUT2D eigenvalue weighted by atomic mass is 32.2. The van der Waals surface area contributed by atoms with Crippen LogP contribution in [0.1, 0.15) is 136 Å². The fourth-order valence-corrected chi connectivity index (χ4v) is 2.99. The molecule has 0 aromatic heterocycles. The Kier molecular flexibility index (Phi) is 134. The Labute approximate surface area is 470 Å². The Morgan fingerprint density at radius 3 is 1.20 bits per heavy atom. The third-order valence-electron chi connectivity index (χ3n) is 6.82. The summed E-state index contributed by atoms with van der Waals surface area (Å²) in [5, 5.41) is 10.1. The Morgan fingerprint density at radius 1 is 0.797 bits per heavy atom. The van der Waals surface area contributed by atoms with E-state index in [4.69, 9.17) is 14.6 Å². The van der Waals surface area contributed by atoms with E-state index in [1.165, 1.54) is 78.3 Å². The molecule has 1 aliphatic carbocycles. The van der Waals surface area contributed by atoms with Gasteiger partial charge in [0.05, 0.1) is 26.5 Å². The van der Waals surface area contributed by atoms with Gasteiger partial charge >= 0.3 is 18.0 Å². The second kappa shape index (κ2) is 99.3. The fourth-order valence-electron chi connectivity index (χ4n) is 2.74. The van der Waals surface area contributed by atoms with Crippen molar-refractivity contribution in [2.24, 2.45) is 22.7 Å². The molecule has 0 aromatic carbocycles. The number of hydrogen-bond donors (Lipinski definition) is 2. The second-order valence-electron chi connectivity index (χ2n) is 15.6. The van der Waals surface area contributed by atoms with Crippen LogP contribution in [0.2, 0.25) is 0 Å². The highest BCUT2D eigenvalue weighted by Crippen LogP contribution is 2.26. The lowest BCUT2D eigenvalue weighted by Gasteiger charge is -2.16. The van der Waals surface area contributed by atoms with Gasteiger partial charge in [0.1, 0.15) is 12.4 Å². The van der Waals surface area contributed by atoms with Gasteiger partial charge in [-0.25, -0.2) is 4.79 Å². The zero-order chi connectivity index (χ0) is 61.1. The molecule has 0 bridgehead atoms. The molecule has 17 nitrogen and oxygen atoms in total. The molecule has 0 atom stereocenters. The number of carboxylic acid groups (broad SMARTS) is 1. The summed E-state index contributed by atoms with van der Waals surface area (Å²) in [6.07, 6.45) is 15.3. The molecule has 2 saturated heterocycles. The first kappa shape index (κ1) is 100. The van der Waals surface area contributed by atoms with E-state index in [1.54, 1.807) is 78.5 Å². The van der Waals surface area contributed by atoms with Crippen molar-refractivity contribution in [2.45, 2.75) is 136 Å². The average Bonchev–Trinajstić information content (AvgIpc) is 4.05. The molecule has 0 radical (unpaired) electrons. The summed E-state index contributed by atoms with van der Waals surface area (Å²) in [6, 6.07) is 0. The van der Waals surface area contributed by atoms with Gasteiger partial charge in [-0.05, 0) is 123 Å². The minimum Gasteiger partial charge on any atom is -0.481 e. The number of hydrogen-bond acceptors (Lipinski definition) is 17. The van der Waals surface area contributed by atoms with Gasteiger partial charge in [0.2, 0.25) is 5.91 Å². The Hall–Kier alpha value is -2.75. The van der Waals surface area contributed by atoms with E-state index in [2.05, 4.69) is 88.4 Å². The smallest absolute Gasteiger partial charge is 0.406 e. The van der Waals surface area contributed by atoms with E-state index in [0.717, 1.165) is 76.2 Å². The van der Waals surface area contributed by atoms with E-state index >= 15 is 0 Å². The lowest BCUT2D eigenvalue weighted by atomic mass is 10.0. The van der Waals surface area contributed by atoms with E-state index in [9.17, 15) is 24.0 Å². The number of aliphatic imine (C=N–C) groups is 1. The lowest BCUT2D eigenvalue weighted by Crippen LogP contribution is -2.27. The molecule has 3 aliphatic rings. The van der Waals surface area contributed by atoms with E-state index in [1.807, 2.05) is 70.8 Å². The molecule has 2 N–H and O–H groups in total. The van der Waals surface area contributed by atoms with E-state index in [-0.39, 0.29) is 23.4 Å². The van der Waals surface area contributed by atoms with Crippen molar-refractivity contribution in [1.82, 2.24) is 15.1 Å². The van der Waals surface area contributed by atoms with Crippen LogP contribution < -0.4 is 5.32 Å². The standard InChI is InChI=1S/C6H13NO.C6H12O.C5H9NO.C4H9N.C4H8O2.C4H8.C4H10.C3H7NO2.C3H6O2S.C3H8O.C3H6O.C3H8S.2C2H6O.C2H6S/c1-4-7(5-2)6(3)8;1-6-2-4-7-5-3-6;1-5-6(2)3-4-7-5;1-3-5-4-2;1-3-4(5)6-2;1-4-2-3-4;1-4(2)3;1-4-3(5)6-2;1-6-2-3(4)5;1-3-4-2;1-3(2)4;1-3-4-2;3*1-3-2/h4-5H2,1-3H3;6H,2-5H2,1H3;1,3-4H2,2H3;3H,4H2,1-2H3;3H2,1-2H3;4H,2-3H2,1H3;4H,1-3H3;1-2H3,(H,4,5);2H2,1H3,(H,4,5);3H2,1-2H3;1-2H3;3H2,1-2H3;3*1-2H3. The van der Waals surface area contributed by atoms with Crippen molar-refractivity contribution in [3.63, 3.8) is 0 Å². The molecular formula is C54H122N4O13S3. The van der Waals surface area contributed by atoms with Crippen molar-refractivity contribution in [3.8, 4) is 0 Å². The molecule has 74 heavy (non-hydrogen) atoms. The van der Waals surface area contributed by atoms with Crippen LogP contribution in [0.25, 0.3) is 0 Å². The largest absolute Gasteiger partial charge is 0.481 e. The van der Waals surface area contributed by atoms with Crippen molar-refractivity contribution >= 4 is 71.2 Å². The molecule has 454 valence electrons. The first-order valence-corrected chi connectivity index (χ1v) is 29.6. The van der Waals surface area contributed by atoms with Crippen LogP contribution >= 0.6 is 35.3 Å². The summed E-state index contributed by atoms with van der Waals surface area (Å²) in [5.74, 6) is 4.49. The summed E-state index contributed by atoms with van der Waals surface area (Å²) in [5.41, 5.74) is 0. The molecule has 2 aliphatic heterocycles. The molecule has 0 unspecified atom stereocenters. The number of Topliss-reactive ketones (excluding diaryl/α,β-unsaturated/α-hetero) is 1. The Bertz CT molecular complexity index is 1040. The number of carbonyl (C=O) groups excluding carboxylic acids is 4. The molecule has 2 heterocycles. The van der Waals surface area contributed by atoms with Crippen LogP contribution in [-0.2, 0) is 52.3 Å². The molecule has 2 amide bonds. The quantitative estimate of drug-likeness (QED) is 0.171. The highest BCUT2D eigenvalue weighted by molar-refractivity contribution is 7.99. The number of amides is 2. The minimum absolute atomic E-state index is 0.157. The van der Waals surface area contributed by atoms with Crippen LogP contribution in [0.5, 0.6) is 0 Å². The topological polar surface area (TPSA) is 201 Å². The van der Waals surface area contributed by atoms with Crippen LogP contribution in [0.15, 0.2) is 17.5 Å². The van der Waals surface area contributed by atoms with Gasteiger partial charge in [-0.2, -0.15) is 35.3 Å². The number of carboxylic acids is 1. The zero-order valence-electron chi connectivity index (χ0n) is 53.0. The number of methoxy groups -OCH3 is 5. The third kappa shape index (κ3) is 190. The normalized spacial score (nSPS) is 11.6. The molecule has 1 saturated carbocycles. The number of likely N-dealkylation sites (N-methyl/N-ethyl adjacent to an activating group) is 1. The van der Waals surface area contributed by atoms with Gasteiger partial charge in [-0.3, -0.25) is 19.4 Å². The number of rotatable bonds is 8. The van der Waals surface area contributed by atoms with E-state index in [0.29, 0.717) is 6.42 Å². The van der Waals surface area contributed by atoms with Gasteiger partial charge in [0.15, 0.2) is 5.88 Å². The third-order valence-corrected chi connectivity index (χ3v) is 7.94. The number of nitrogens with one attached hydrogen (secondary N) is 1. The summed E-state index contributed by atoms with van der Waals surface area (Å²) in [6.45, 7) is 40.2. The molecule has 3 rings (SSSR count). The monoisotopic (exact) mass is 1130 g/mol. The van der Waals surface area contributed by atoms with Gasteiger partial charge < -0.3 is 58.2 Å². The summed E-state index contributed by atoms with van der Waals surface area (Å²) in [7, 11) is 14.4. The molecule has 0 spiro atoms. The summed E-state index contributed by atoms with van der Waals surface area (Å²) in [4.78, 5) is 57.0. The second-order valence-corrected chi connectivity index (χ2v) is 18.4. The maximum absolute atomic E-state index is 10.5. The fraction of sp³-hybridized carbons (Fsp3) is 0.852. The number of esters is 1. The lowest BCUT2D eigenvalue weighted by molar-refractivity contribution is -0.140. The van der Waals surface area contributed by atoms with Gasteiger partial charge in [-0.1, -0.05) is 61.3 Å².